The molecule has 2 aromatic carbocycles. The van der Waals surface area contributed by atoms with Gasteiger partial charge >= 0.3 is 5.69 Å². The second-order valence-electron chi connectivity index (χ2n) is 7.85. The number of hydrogen-bond acceptors (Lipinski definition) is 4. The van der Waals surface area contributed by atoms with Gasteiger partial charge in [0.05, 0.1) is 27.3 Å². The SMILES string of the molecule is Cn1c(=O)n(CCC(=O)N2CCCC[C@H]2c2nc3ccccc3s2)c2ccccc21. The fourth-order valence-corrected chi connectivity index (χ4v) is 5.57. The Hall–Kier alpha value is -2.93. The molecule has 1 aliphatic heterocycles. The average molecular weight is 421 g/mol. The van der Waals surface area contributed by atoms with E-state index in [2.05, 4.69) is 6.07 Å². The largest absolute Gasteiger partial charge is 0.333 e. The molecule has 154 valence electrons. The standard InChI is InChI=1S/C23H24N4O2S/c1-25-17-9-3-4-10-18(17)27(23(25)29)15-13-21(28)26-14-7-6-11-19(26)22-24-16-8-2-5-12-20(16)30-22/h2-5,8-10,12,19H,6-7,11,13-15H2,1H3/t19-/m0/s1. The summed E-state index contributed by atoms with van der Waals surface area (Å²) in [5, 5.41) is 1.02. The highest BCUT2D eigenvalue weighted by Crippen LogP contribution is 2.36. The quantitative estimate of drug-likeness (QED) is 0.500. The summed E-state index contributed by atoms with van der Waals surface area (Å²) in [5.41, 5.74) is 2.68. The van der Waals surface area contributed by atoms with E-state index in [1.807, 2.05) is 47.4 Å². The third-order valence-electron chi connectivity index (χ3n) is 6.02. The minimum atomic E-state index is -0.0784. The maximum absolute atomic E-state index is 13.2. The number of benzene rings is 2. The van der Waals surface area contributed by atoms with Crippen LogP contribution in [0.1, 0.15) is 36.7 Å². The second-order valence-corrected chi connectivity index (χ2v) is 8.91. The minimum absolute atomic E-state index is 0.0351. The summed E-state index contributed by atoms with van der Waals surface area (Å²) in [6.07, 6.45) is 3.38. The normalized spacial score (nSPS) is 17.1. The molecule has 0 unspecified atom stereocenters. The van der Waals surface area contributed by atoms with Gasteiger partial charge in [-0.05, 0) is 43.5 Å². The number of carbonyl (C=O) groups excluding carboxylic acids is 1. The number of likely N-dealkylation sites (tertiary alicyclic amines) is 1. The van der Waals surface area contributed by atoms with Crippen molar-refractivity contribution >= 4 is 38.5 Å². The summed E-state index contributed by atoms with van der Waals surface area (Å²) in [7, 11) is 1.77. The summed E-state index contributed by atoms with van der Waals surface area (Å²) in [4.78, 5) is 32.7. The monoisotopic (exact) mass is 420 g/mol. The van der Waals surface area contributed by atoms with Crippen LogP contribution in [0.2, 0.25) is 0 Å². The van der Waals surface area contributed by atoms with Crippen LogP contribution in [-0.4, -0.2) is 31.5 Å². The maximum Gasteiger partial charge on any atom is 0.328 e. The van der Waals surface area contributed by atoms with E-state index in [0.29, 0.717) is 13.0 Å². The number of fused-ring (bicyclic) bond motifs is 2. The fraction of sp³-hybridized carbons (Fsp3) is 0.348. The van der Waals surface area contributed by atoms with Gasteiger partial charge in [-0.2, -0.15) is 0 Å². The molecule has 7 heteroatoms. The number of hydrogen-bond donors (Lipinski definition) is 0. The Bertz CT molecular complexity index is 1250. The number of carbonyl (C=O) groups is 1. The molecule has 0 spiro atoms. The number of rotatable bonds is 4. The number of imidazole rings is 1. The van der Waals surface area contributed by atoms with Gasteiger partial charge in [-0.15, -0.1) is 11.3 Å². The molecular weight excluding hydrogens is 396 g/mol. The van der Waals surface area contributed by atoms with Crippen LogP contribution in [0, 0.1) is 0 Å². The molecule has 1 fully saturated rings. The Morgan fingerprint density at radius 1 is 1.10 bits per heavy atom. The lowest BCUT2D eigenvalue weighted by Crippen LogP contribution is -2.39. The number of amides is 1. The molecule has 0 bridgehead atoms. The zero-order valence-corrected chi connectivity index (χ0v) is 17.8. The van der Waals surface area contributed by atoms with Gasteiger partial charge in [0.1, 0.15) is 5.01 Å². The van der Waals surface area contributed by atoms with E-state index < -0.39 is 0 Å². The van der Waals surface area contributed by atoms with E-state index >= 15 is 0 Å². The molecule has 1 amide bonds. The molecular formula is C23H24N4O2S. The van der Waals surface area contributed by atoms with Crippen LogP contribution in [0.25, 0.3) is 21.3 Å². The Morgan fingerprint density at radius 2 is 1.87 bits per heavy atom. The second kappa shape index (κ2) is 7.72. The molecule has 1 aliphatic rings. The molecule has 2 aromatic heterocycles. The van der Waals surface area contributed by atoms with E-state index in [0.717, 1.165) is 52.1 Å². The van der Waals surface area contributed by atoms with Crippen LogP contribution in [0.4, 0.5) is 0 Å². The van der Waals surface area contributed by atoms with Gasteiger partial charge in [0, 0.05) is 26.6 Å². The Morgan fingerprint density at radius 3 is 2.70 bits per heavy atom. The van der Waals surface area contributed by atoms with Crippen molar-refractivity contribution in [1.29, 1.82) is 0 Å². The summed E-state index contributed by atoms with van der Waals surface area (Å²) in [5.74, 6) is 0.0961. The summed E-state index contributed by atoms with van der Waals surface area (Å²) >= 11 is 1.68. The number of nitrogens with zero attached hydrogens (tertiary/aromatic N) is 4. The van der Waals surface area contributed by atoms with E-state index in [4.69, 9.17) is 4.98 Å². The molecule has 5 rings (SSSR count). The zero-order valence-electron chi connectivity index (χ0n) is 17.0. The summed E-state index contributed by atoms with van der Waals surface area (Å²) in [6, 6.07) is 15.9. The molecule has 6 nitrogen and oxygen atoms in total. The molecule has 0 radical (unpaired) electrons. The Balaban J connectivity index is 1.38. The van der Waals surface area contributed by atoms with Crippen molar-refractivity contribution in [3.63, 3.8) is 0 Å². The molecule has 0 aliphatic carbocycles. The zero-order chi connectivity index (χ0) is 20.7. The van der Waals surface area contributed by atoms with Gasteiger partial charge in [0.15, 0.2) is 0 Å². The van der Waals surface area contributed by atoms with E-state index in [1.54, 1.807) is 27.5 Å². The third-order valence-corrected chi connectivity index (χ3v) is 7.16. The van der Waals surface area contributed by atoms with Crippen LogP contribution in [0.5, 0.6) is 0 Å². The molecule has 30 heavy (non-hydrogen) atoms. The van der Waals surface area contributed by atoms with Crippen molar-refractivity contribution in [1.82, 2.24) is 19.0 Å². The van der Waals surface area contributed by atoms with Crippen molar-refractivity contribution in [3.05, 3.63) is 64.0 Å². The van der Waals surface area contributed by atoms with Crippen molar-refractivity contribution in [3.8, 4) is 0 Å². The summed E-state index contributed by atoms with van der Waals surface area (Å²) < 4.78 is 4.52. The van der Waals surface area contributed by atoms with E-state index in [1.165, 1.54) is 0 Å². The first kappa shape index (κ1) is 19.1. The smallest absolute Gasteiger partial charge is 0.328 e. The number of thiazole rings is 1. The minimum Gasteiger partial charge on any atom is -0.333 e. The van der Waals surface area contributed by atoms with Gasteiger partial charge in [0.2, 0.25) is 5.91 Å². The number of para-hydroxylation sites is 3. The molecule has 1 saturated heterocycles. The number of aryl methyl sites for hydroxylation is 2. The van der Waals surface area contributed by atoms with Gasteiger partial charge in [0.25, 0.3) is 0 Å². The van der Waals surface area contributed by atoms with Crippen LogP contribution >= 0.6 is 11.3 Å². The first-order valence-electron chi connectivity index (χ1n) is 10.4. The Labute approximate surface area is 178 Å². The molecule has 0 N–H and O–H groups in total. The lowest BCUT2D eigenvalue weighted by molar-refractivity contribution is -0.135. The number of aromatic nitrogens is 3. The highest BCUT2D eigenvalue weighted by molar-refractivity contribution is 7.18. The predicted molar refractivity (Wildman–Crippen MR) is 120 cm³/mol. The van der Waals surface area contributed by atoms with E-state index in [-0.39, 0.29) is 17.6 Å². The lowest BCUT2D eigenvalue weighted by atomic mass is 10.0. The number of piperidine rings is 1. The van der Waals surface area contributed by atoms with Gasteiger partial charge in [-0.25, -0.2) is 9.78 Å². The van der Waals surface area contributed by atoms with E-state index in [9.17, 15) is 9.59 Å². The molecule has 4 aromatic rings. The first-order valence-corrected chi connectivity index (χ1v) is 11.2. The van der Waals surface area contributed by atoms with Crippen molar-refractivity contribution in [2.75, 3.05) is 6.54 Å². The van der Waals surface area contributed by atoms with Gasteiger partial charge in [-0.1, -0.05) is 24.3 Å². The Kier molecular flexibility index (Phi) is 4.90. The third kappa shape index (κ3) is 3.23. The average Bonchev–Trinajstić information content (AvgIpc) is 3.32. The maximum atomic E-state index is 13.2. The topological polar surface area (TPSA) is 60.1 Å². The van der Waals surface area contributed by atoms with Gasteiger partial charge < -0.3 is 4.90 Å². The van der Waals surface area contributed by atoms with Crippen molar-refractivity contribution in [2.24, 2.45) is 7.05 Å². The molecule has 0 saturated carbocycles. The van der Waals surface area contributed by atoms with Crippen LogP contribution in [0.15, 0.2) is 53.3 Å². The molecule has 1 atom stereocenters. The summed E-state index contributed by atoms with van der Waals surface area (Å²) in [6.45, 7) is 1.14. The van der Waals surface area contributed by atoms with Crippen LogP contribution < -0.4 is 5.69 Å². The highest BCUT2D eigenvalue weighted by Gasteiger charge is 2.30. The fourth-order valence-electron chi connectivity index (χ4n) is 4.45. The van der Waals surface area contributed by atoms with Crippen molar-refractivity contribution in [2.45, 2.75) is 38.3 Å². The highest BCUT2D eigenvalue weighted by atomic mass is 32.1. The first-order chi connectivity index (χ1) is 14.6. The molecule has 3 heterocycles. The lowest BCUT2D eigenvalue weighted by Gasteiger charge is -2.34. The van der Waals surface area contributed by atoms with Crippen LogP contribution in [-0.2, 0) is 18.4 Å². The predicted octanol–water partition coefficient (Wildman–Crippen LogP) is 4.09. The van der Waals surface area contributed by atoms with Crippen LogP contribution in [0.3, 0.4) is 0 Å². The van der Waals surface area contributed by atoms with Gasteiger partial charge in [-0.3, -0.25) is 13.9 Å². The van der Waals surface area contributed by atoms with Crippen molar-refractivity contribution < 1.29 is 4.79 Å².